The van der Waals surface area contributed by atoms with Crippen LogP contribution in [0.5, 0.6) is 5.75 Å². The van der Waals surface area contributed by atoms with Crippen molar-refractivity contribution in [2.45, 2.75) is 25.8 Å². The molecule has 3 N–H and O–H groups in total. The zero-order valence-corrected chi connectivity index (χ0v) is 10.7. The van der Waals surface area contributed by atoms with Crippen molar-refractivity contribution in [3.63, 3.8) is 0 Å². The van der Waals surface area contributed by atoms with Gasteiger partial charge >= 0.3 is 0 Å². The Hall–Kier alpha value is -1.55. The first kappa shape index (κ1) is 12.9. The van der Waals surface area contributed by atoms with E-state index in [1.807, 2.05) is 31.2 Å². The summed E-state index contributed by atoms with van der Waals surface area (Å²) >= 11 is 0. The molecular formula is C14H20N2O2. The summed E-state index contributed by atoms with van der Waals surface area (Å²) in [6.07, 6.45) is 2.38. The van der Waals surface area contributed by atoms with Gasteiger partial charge in [-0.3, -0.25) is 4.79 Å². The van der Waals surface area contributed by atoms with Crippen molar-refractivity contribution < 1.29 is 9.53 Å². The van der Waals surface area contributed by atoms with Gasteiger partial charge < -0.3 is 15.8 Å². The summed E-state index contributed by atoms with van der Waals surface area (Å²) in [6.45, 7) is 2.59. The highest BCUT2D eigenvalue weighted by atomic mass is 16.5. The Morgan fingerprint density at radius 1 is 1.44 bits per heavy atom. The maximum absolute atomic E-state index is 11.5. The SMILES string of the molecule is Cc1ccc(OCC(=O)NCC(N)C2CC2)cc1. The van der Waals surface area contributed by atoms with Gasteiger partial charge in [0.25, 0.3) is 5.91 Å². The molecule has 1 aliphatic carbocycles. The molecule has 0 heterocycles. The van der Waals surface area contributed by atoms with Crippen LogP contribution in [-0.4, -0.2) is 25.1 Å². The molecule has 4 heteroatoms. The van der Waals surface area contributed by atoms with Crippen LogP contribution < -0.4 is 15.8 Å². The van der Waals surface area contributed by atoms with E-state index in [1.54, 1.807) is 0 Å². The zero-order chi connectivity index (χ0) is 13.0. The van der Waals surface area contributed by atoms with E-state index in [1.165, 1.54) is 18.4 Å². The summed E-state index contributed by atoms with van der Waals surface area (Å²) in [7, 11) is 0. The molecule has 0 spiro atoms. The number of rotatable bonds is 6. The molecule has 0 aromatic heterocycles. The van der Waals surface area contributed by atoms with Crippen LogP contribution in [0, 0.1) is 12.8 Å². The number of amides is 1. The summed E-state index contributed by atoms with van der Waals surface area (Å²) in [6, 6.07) is 7.72. The fourth-order valence-corrected chi connectivity index (χ4v) is 1.76. The Balaban J connectivity index is 1.66. The van der Waals surface area contributed by atoms with Crippen molar-refractivity contribution >= 4 is 5.91 Å². The summed E-state index contributed by atoms with van der Waals surface area (Å²) in [4.78, 5) is 11.5. The first-order chi connectivity index (χ1) is 8.65. The molecule has 0 saturated heterocycles. The molecule has 4 nitrogen and oxygen atoms in total. The average molecular weight is 248 g/mol. The smallest absolute Gasteiger partial charge is 0.257 e. The van der Waals surface area contributed by atoms with E-state index in [9.17, 15) is 4.79 Å². The van der Waals surface area contributed by atoms with Gasteiger partial charge in [-0.25, -0.2) is 0 Å². The van der Waals surface area contributed by atoms with Crippen molar-refractivity contribution in [2.24, 2.45) is 11.7 Å². The number of hydrogen-bond acceptors (Lipinski definition) is 3. The second-order valence-electron chi connectivity index (χ2n) is 4.91. The summed E-state index contributed by atoms with van der Waals surface area (Å²) < 4.78 is 5.38. The molecule has 1 saturated carbocycles. The molecule has 1 aliphatic rings. The molecule has 1 amide bonds. The number of carbonyl (C=O) groups excluding carboxylic acids is 1. The molecule has 0 radical (unpaired) electrons. The Morgan fingerprint density at radius 3 is 2.72 bits per heavy atom. The molecule has 18 heavy (non-hydrogen) atoms. The predicted molar refractivity (Wildman–Crippen MR) is 70.4 cm³/mol. The first-order valence-electron chi connectivity index (χ1n) is 6.37. The van der Waals surface area contributed by atoms with E-state index in [0.717, 1.165) is 0 Å². The Morgan fingerprint density at radius 2 is 2.11 bits per heavy atom. The van der Waals surface area contributed by atoms with Crippen LogP contribution in [0.3, 0.4) is 0 Å². The van der Waals surface area contributed by atoms with Gasteiger partial charge in [-0.05, 0) is 37.8 Å². The predicted octanol–water partition coefficient (Wildman–Crippen LogP) is 1.23. The third-order valence-electron chi connectivity index (χ3n) is 3.15. The second-order valence-corrected chi connectivity index (χ2v) is 4.91. The Kier molecular flexibility index (Phi) is 4.20. The molecule has 98 valence electrons. The first-order valence-corrected chi connectivity index (χ1v) is 6.37. The molecule has 2 rings (SSSR count). The van der Waals surface area contributed by atoms with Crippen molar-refractivity contribution in [2.75, 3.05) is 13.2 Å². The third-order valence-corrected chi connectivity index (χ3v) is 3.15. The molecule has 1 unspecified atom stereocenters. The van der Waals surface area contributed by atoms with Crippen LogP contribution in [-0.2, 0) is 4.79 Å². The van der Waals surface area contributed by atoms with E-state index in [4.69, 9.17) is 10.5 Å². The van der Waals surface area contributed by atoms with E-state index >= 15 is 0 Å². The molecule has 1 atom stereocenters. The van der Waals surface area contributed by atoms with Gasteiger partial charge in [0.05, 0.1) is 0 Å². The van der Waals surface area contributed by atoms with Crippen LogP contribution in [0.2, 0.25) is 0 Å². The average Bonchev–Trinajstić information content (AvgIpc) is 3.19. The second kappa shape index (κ2) is 5.87. The van der Waals surface area contributed by atoms with Gasteiger partial charge in [0.2, 0.25) is 0 Å². The van der Waals surface area contributed by atoms with E-state index in [-0.39, 0.29) is 18.6 Å². The molecule has 0 aliphatic heterocycles. The van der Waals surface area contributed by atoms with Gasteiger partial charge in [0.1, 0.15) is 5.75 Å². The minimum atomic E-state index is -0.119. The summed E-state index contributed by atoms with van der Waals surface area (Å²) in [5, 5.41) is 2.80. The fraction of sp³-hybridized carbons (Fsp3) is 0.500. The van der Waals surface area contributed by atoms with Crippen molar-refractivity contribution in [1.29, 1.82) is 0 Å². The fourth-order valence-electron chi connectivity index (χ4n) is 1.76. The normalized spacial score (nSPS) is 16.1. The number of benzene rings is 1. The monoisotopic (exact) mass is 248 g/mol. The van der Waals surface area contributed by atoms with Crippen molar-refractivity contribution in [1.82, 2.24) is 5.32 Å². The minimum Gasteiger partial charge on any atom is -0.484 e. The van der Waals surface area contributed by atoms with Gasteiger partial charge in [-0.15, -0.1) is 0 Å². The molecular weight excluding hydrogens is 228 g/mol. The highest BCUT2D eigenvalue weighted by Crippen LogP contribution is 2.31. The van der Waals surface area contributed by atoms with E-state index in [2.05, 4.69) is 5.32 Å². The van der Waals surface area contributed by atoms with E-state index in [0.29, 0.717) is 18.2 Å². The van der Waals surface area contributed by atoms with Gasteiger partial charge in [-0.1, -0.05) is 17.7 Å². The lowest BCUT2D eigenvalue weighted by molar-refractivity contribution is -0.123. The number of aryl methyl sites for hydroxylation is 1. The number of nitrogens with one attached hydrogen (secondary N) is 1. The lowest BCUT2D eigenvalue weighted by Gasteiger charge is -2.12. The van der Waals surface area contributed by atoms with Crippen LogP contribution in [0.25, 0.3) is 0 Å². The Bertz CT molecular complexity index is 399. The number of carbonyl (C=O) groups is 1. The van der Waals surface area contributed by atoms with Gasteiger partial charge in [-0.2, -0.15) is 0 Å². The lowest BCUT2D eigenvalue weighted by atomic mass is 10.2. The molecule has 1 fully saturated rings. The standard InChI is InChI=1S/C14H20N2O2/c1-10-2-6-12(7-3-10)18-9-14(17)16-8-13(15)11-4-5-11/h2-3,6-7,11,13H,4-5,8-9,15H2,1H3,(H,16,17). The minimum absolute atomic E-state index is 0.0421. The highest BCUT2D eigenvalue weighted by molar-refractivity contribution is 5.77. The number of ether oxygens (including phenoxy) is 1. The third kappa shape index (κ3) is 4.04. The molecule has 1 aromatic carbocycles. The molecule has 1 aromatic rings. The maximum atomic E-state index is 11.5. The van der Waals surface area contributed by atoms with E-state index < -0.39 is 0 Å². The van der Waals surface area contributed by atoms with Crippen LogP contribution >= 0.6 is 0 Å². The van der Waals surface area contributed by atoms with Gasteiger partial charge in [0, 0.05) is 12.6 Å². The van der Waals surface area contributed by atoms with Crippen molar-refractivity contribution in [3.05, 3.63) is 29.8 Å². The number of nitrogens with two attached hydrogens (primary N) is 1. The summed E-state index contributed by atoms with van der Waals surface area (Å²) in [5.41, 5.74) is 7.06. The lowest BCUT2D eigenvalue weighted by Crippen LogP contribution is -2.40. The van der Waals surface area contributed by atoms with Gasteiger partial charge in [0.15, 0.2) is 6.61 Å². The molecule has 0 bridgehead atoms. The quantitative estimate of drug-likeness (QED) is 0.795. The van der Waals surface area contributed by atoms with Crippen LogP contribution in [0.1, 0.15) is 18.4 Å². The zero-order valence-electron chi connectivity index (χ0n) is 10.7. The topological polar surface area (TPSA) is 64.3 Å². The highest BCUT2D eigenvalue weighted by Gasteiger charge is 2.28. The summed E-state index contributed by atoms with van der Waals surface area (Å²) in [5.74, 6) is 1.19. The van der Waals surface area contributed by atoms with Crippen molar-refractivity contribution in [3.8, 4) is 5.75 Å². The van der Waals surface area contributed by atoms with Crippen LogP contribution in [0.4, 0.5) is 0 Å². The Labute approximate surface area is 108 Å². The number of hydrogen-bond donors (Lipinski definition) is 2. The van der Waals surface area contributed by atoms with Crippen LogP contribution in [0.15, 0.2) is 24.3 Å². The largest absolute Gasteiger partial charge is 0.484 e. The maximum Gasteiger partial charge on any atom is 0.257 e.